The first-order valence-corrected chi connectivity index (χ1v) is 8.38. The molecular weight excluding hydrogens is 312 g/mol. The van der Waals surface area contributed by atoms with Crippen LogP contribution in [0.3, 0.4) is 0 Å². The van der Waals surface area contributed by atoms with Crippen molar-refractivity contribution in [1.29, 1.82) is 0 Å². The van der Waals surface area contributed by atoms with Gasteiger partial charge in [-0.05, 0) is 40.1 Å². The van der Waals surface area contributed by atoms with Gasteiger partial charge in [-0.25, -0.2) is 4.79 Å². The number of nitrogens with two attached hydrogens (primary N) is 1. The fourth-order valence-corrected chi connectivity index (χ4v) is 3.89. The van der Waals surface area contributed by atoms with Crippen LogP contribution in [0, 0.1) is 5.41 Å². The first-order chi connectivity index (χ1) is 12.0. The quantitative estimate of drug-likeness (QED) is 0.744. The molecule has 4 rings (SSSR count). The highest BCUT2D eigenvalue weighted by Gasteiger charge is 2.41. The summed E-state index contributed by atoms with van der Waals surface area (Å²) in [4.78, 5) is 15.5. The maximum atomic E-state index is 11.3. The zero-order valence-electron chi connectivity index (χ0n) is 14.3. The third-order valence-electron chi connectivity index (χ3n) is 5.01. The molecule has 1 aliphatic rings. The van der Waals surface area contributed by atoms with Crippen LogP contribution >= 0.6 is 0 Å². The van der Waals surface area contributed by atoms with Gasteiger partial charge in [-0.15, -0.1) is 0 Å². The van der Waals surface area contributed by atoms with Gasteiger partial charge in [0.05, 0.1) is 0 Å². The number of hydrogen-bond acceptors (Lipinski definition) is 3. The van der Waals surface area contributed by atoms with Gasteiger partial charge in [0.25, 0.3) is 0 Å². The Kier molecular flexibility index (Phi) is 3.49. The average Bonchev–Trinajstić information content (AvgIpc) is 2.83. The predicted octanol–water partition coefficient (Wildman–Crippen LogP) is 4.62. The summed E-state index contributed by atoms with van der Waals surface area (Å²) in [5, 5.41) is 2.30. The number of ether oxygens (including phenoxy) is 1. The number of fused-ring (bicyclic) bond motifs is 2. The normalized spacial score (nSPS) is 18.1. The maximum absolute atomic E-state index is 11.3. The molecule has 1 amide bonds. The molecule has 4 heteroatoms. The van der Waals surface area contributed by atoms with E-state index in [2.05, 4.69) is 55.2 Å². The molecule has 1 unspecified atom stereocenters. The molecule has 25 heavy (non-hydrogen) atoms. The molecule has 0 fully saturated rings. The van der Waals surface area contributed by atoms with Gasteiger partial charge in [0, 0.05) is 23.2 Å². The number of nitrogens with zero attached hydrogens (tertiary/aromatic N) is 1. The first kappa shape index (κ1) is 15.6. The molecule has 0 saturated heterocycles. The number of primary amides is 1. The number of hydrogen-bond donors (Lipinski definition) is 1. The van der Waals surface area contributed by atoms with Crippen LogP contribution in [0.1, 0.15) is 31.1 Å². The fourth-order valence-electron chi connectivity index (χ4n) is 3.89. The summed E-state index contributed by atoms with van der Waals surface area (Å²) >= 11 is 0. The molecule has 3 aromatic rings. The van der Waals surface area contributed by atoms with E-state index in [0.29, 0.717) is 0 Å². The summed E-state index contributed by atoms with van der Waals surface area (Å²) in [5.74, 6) is 0. The van der Waals surface area contributed by atoms with E-state index in [1.807, 2.05) is 18.5 Å². The Labute approximate surface area is 146 Å². The Morgan fingerprint density at radius 2 is 2.08 bits per heavy atom. The number of benzene rings is 2. The van der Waals surface area contributed by atoms with Crippen molar-refractivity contribution >= 4 is 16.9 Å². The fraction of sp³-hybridized carbons (Fsp3) is 0.238. The molecule has 1 aliphatic carbocycles. The summed E-state index contributed by atoms with van der Waals surface area (Å²) in [5.41, 5.74) is 9.65. The van der Waals surface area contributed by atoms with Gasteiger partial charge in [-0.3, -0.25) is 4.98 Å². The second-order valence-corrected chi connectivity index (χ2v) is 7.30. The SMILES string of the molecule is CC1(C)Cc2cc(-c3cccc4ccncc34)ccc2C1OC(N)=O. The van der Waals surface area contributed by atoms with E-state index in [4.69, 9.17) is 10.5 Å². The van der Waals surface area contributed by atoms with Crippen molar-refractivity contribution in [2.75, 3.05) is 0 Å². The summed E-state index contributed by atoms with van der Waals surface area (Å²) in [6.45, 7) is 4.20. The van der Waals surface area contributed by atoms with Crippen LogP contribution in [0.4, 0.5) is 4.79 Å². The third-order valence-corrected chi connectivity index (χ3v) is 5.01. The summed E-state index contributed by atoms with van der Waals surface area (Å²) in [6.07, 6.45) is 3.53. The highest BCUT2D eigenvalue weighted by molar-refractivity contribution is 5.96. The molecule has 1 heterocycles. The Morgan fingerprint density at radius 3 is 2.88 bits per heavy atom. The standard InChI is InChI=1S/C21H20N2O2/c1-21(2)11-15-10-14(6-7-17(15)19(21)25-20(22)24)16-5-3-4-13-8-9-23-12-18(13)16/h3-10,12,19H,11H2,1-2H3,(H2,22,24). The van der Waals surface area contributed by atoms with Crippen molar-refractivity contribution < 1.29 is 9.53 Å². The van der Waals surface area contributed by atoms with Crippen molar-refractivity contribution in [3.8, 4) is 11.1 Å². The van der Waals surface area contributed by atoms with Crippen molar-refractivity contribution in [2.45, 2.75) is 26.4 Å². The third kappa shape index (κ3) is 2.64. The van der Waals surface area contributed by atoms with E-state index in [1.54, 1.807) is 0 Å². The number of amides is 1. The number of rotatable bonds is 2. The monoisotopic (exact) mass is 332 g/mol. The summed E-state index contributed by atoms with van der Waals surface area (Å²) in [7, 11) is 0. The van der Waals surface area contributed by atoms with Gasteiger partial charge in [0.15, 0.2) is 0 Å². The Morgan fingerprint density at radius 1 is 1.24 bits per heavy atom. The smallest absolute Gasteiger partial charge is 0.405 e. The minimum Gasteiger partial charge on any atom is -0.441 e. The minimum absolute atomic E-state index is 0.170. The lowest BCUT2D eigenvalue weighted by molar-refractivity contribution is 0.0392. The summed E-state index contributed by atoms with van der Waals surface area (Å²) < 4.78 is 5.40. The number of carbonyl (C=O) groups excluding carboxylic acids is 1. The maximum Gasteiger partial charge on any atom is 0.405 e. The van der Waals surface area contributed by atoms with E-state index in [-0.39, 0.29) is 11.5 Å². The van der Waals surface area contributed by atoms with E-state index in [0.717, 1.165) is 28.5 Å². The first-order valence-electron chi connectivity index (χ1n) is 8.38. The van der Waals surface area contributed by atoms with Crippen LogP contribution in [-0.4, -0.2) is 11.1 Å². The molecule has 1 aromatic heterocycles. The molecule has 0 radical (unpaired) electrons. The molecule has 0 bridgehead atoms. The van der Waals surface area contributed by atoms with Crippen molar-refractivity contribution in [3.63, 3.8) is 0 Å². The van der Waals surface area contributed by atoms with Gasteiger partial charge >= 0.3 is 6.09 Å². The Balaban J connectivity index is 1.82. The van der Waals surface area contributed by atoms with Gasteiger partial charge in [-0.2, -0.15) is 0 Å². The van der Waals surface area contributed by atoms with Gasteiger partial charge < -0.3 is 10.5 Å². The van der Waals surface area contributed by atoms with Crippen LogP contribution in [0.15, 0.2) is 54.9 Å². The highest BCUT2D eigenvalue weighted by Crippen LogP contribution is 2.48. The number of carbonyl (C=O) groups is 1. The van der Waals surface area contributed by atoms with E-state index in [1.165, 1.54) is 10.9 Å². The van der Waals surface area contributed by atoms with Crippen LogP contribution < -0.4 is 5.73 Å². The van der Waals surface area contributed by atoms with Crippen LogP contribution in [0.25, 0.3) is 21.9 Å². The Bertz CT molecular complexity index is 973. The van der Waals surface area contributed by atoms with Crippen molar-refractivity contribution in [2.24, 2.45) is 11.1 Å². The average molecular weight is 332 g/mol. The van der Waals surface area contributed by atoms with E-state index in [9.17, 15) is 4.79 Å². The lowest BCUT2D eigenvalue weighted by atomic mass is 9.87. The molecule has 126 valence electrons. The largest absolute Gasteiger partial charge is 0.441 e. The second-order valence-electron chi connectivity index (χ2n) is 7.30. The minimum atomic E-state index is -0.727. The van der Waals surface area contributed by atoms with Gasteiger partial charge in [0.1, 0.15) is 6.10 Å². The molecule has 2 aromatic carbocycles. The molecule has 4 nitrogen and oxygen atoms in total. The predicted molar refractivity (Wildman–Crippen MR) is 98.1 cm³/mol. The zero-order chi connectivity index (χ0) is 17.6. The highest BCUT2D eigenvalue weighted by atomic mass is 16.6. The van der Waals surface area contributed by atoms with Crippen molar-refractivity contribution in [3.05, 3.63) is 66.0 Å². The summed E-state index contributed by atoms with van der Waals surface area (Å²) in [6, 6.07) is 14.6. The van der Waals surface area contributed by atoms with Crippen LogP contribution in [0.2, 0.25) is 0 Å². The van der Waals surface area contributed by atoms with E-state index < -0.39 is 6.09 Å². The Hall–Kier alpha value is -2.88. The second kappa shape index (κ2) is 5.59. The van der Waals surface area contributed by atoms with Crippen LogP contribution in [-0.2, 0) is 11.2 Å². The lowest BCUT2D eigenvalue weighted by Gasteiger charge is -2.26. The molecule has 1 atom stereocenters. The number of pyridine rings is 1. The zero-order valence-corrected chi connectivity index (χ0v) is 14.3. The topological polar surface area (TPSA) is 65.2 Å². The van der Waals surface area contributed by atoms with Gasteiger partial charge in [0.2, 0.25) is 0 Å². The van der Waals surface area contributed by atoms with Gasteiger partial charge in [-0.1, -0.05) is 50.2 Å². The lowest BCUT2D eigenvalue weighted by Crippen LogP contribution is -2.25. The molecule has 0 aliphatic heterocycles. The van der Waals surface area contributed by atoms with E-state index >= 15 is 0 Å². The molecular formula is C21H20N2O2. The van der Waals surface area contributed by atoms with Crippen LogP contribution in [0.5, 0.6) is 0 Å². The van der Waals surface area contributed by atoms with Crippen molar-refractivity contribution in [1.82, 2.24) is 4.98 Å². The molecule has 0 spiro atoms. The molecule has 0 saturated carbocycles. The molecule has 2 N–H and O–H groups in total. The number of aromatic nitrogens is 1.